The van der Waals surface area contributed by atoms with E-state index in [9.17, 15) is 9.18 Å². The number of halogens is 1. The first-order valence-electron chi connectivity index (χ1n) is 7.86. The van der Waals surface area contributed by atoms with Crippen molar-refractivity contribution in [3.05, 3.63) is 48.5 Å². The standard InChI is InChI=1S/C17H19FN4OS/c1-13(24-17-19-7-2-8-20-17)16(23)22-11-9-21(10-12-22)15-5-3-14(18)4-6-15/h2-8,13H,9-12H2,1H3. The van der Waals surface area contributed by atoms with Crippen molar-refractivity contribution in [1.82, 2.24) is 14.9 Å². The number of carbonyl (C=O) groups excluding carboxylic acids is 1. The van der Waals surface area contributed by atoms with E-state index < -0.39 is 0 Å². The Morgan fingerprint density at radius 2 is 1.75 bits per heavy atom. The van der Waals surface area contributed by atoms with E-state index >= 15 is 0 Å². The Morgan fingerprint density at radius 1 is 1.12 bits per heavy atom. The molecule has 1 fully saturated rings. The van der Waals surface area contributed by atoms with Crippen molar-refractivity contribution in [1.29, 1.82) is 0 Å². The minimum atomic E-state index is -0.235. The molecule has 1 aromatic carbocycles. The summed E-state index contributed by atoms with van der Waals surface area (Å²) in [5.41, 5.74) is 0.989. The van der Waals surface area contributed by atoms with E-state index in [-0.39, 0.29) is 17.0 Å². The largest absolute Gasteiger partial charge is 0.368 e. The lowest BCUT2D eigenvalue weighted by atomic mass is 10.2. The molecular formula is C17H19FN4OS. The lowest BCUT2D eigenvalue weighted by Crippen LogP contribution is -2.50. The van der Waals surface area contributed by atoms with Crippen LogP contribution in [-0.4, -0.2) is 52.2 Å². The number of carbonyl (C=O) groups is 1. The molecule has 1 aliphatic rings. The Kier molecular flexibility index (Phi) is 5.30. The topological polar surface area (TPSA) is 49.3 Å². The number of nitrogens with zero attached hydrogens (tertiary/aromatic N) is 4. The number of rotatable bonds is 4. The minimum absolute atomic E-state index is 0.103. The number of benzene rings is 1. The van der Waals surface area contributed by atoms with Crippen molar-refractivity contribution in [2.75, 3.05) is 31.1 Å². The van der Waals surface area contributed by atoms with Crippen LogP contribution in [0.5, 0.6) is 0 Å². The minimum Gasteiger partial charge on any atom is -0.368 e. The lowest BCUT2D eigenvalue weighted by molar-refractivity contribution is -0.130. The second-order valence-corrected chi connectivity index (χ2v) is 6.89. The predicted octanol–water partition coefficient (Wildman–Crippen LogP) is 2.45. The van der Waals surface area contributed by atoms with Gasteiger partial charge >= 0.3 is 0 Å². The zero-order valence-electron chi connectivity index (χ0n) is 13.4. The predicted molar refractivity (Wildman–Crippen MR) is 92.5 cm³/mol. The zero-order chi connectivity index (χ0) is 16.9. The van der Waals surface area contributed by atoms with E-state index in [0.29, 0.717) is 18.2 Å². The van der Waals surface area contributed by atoms with Crippen LogP contribution in [0.3, 0.4) is 0 Å². The summed E-state index contributed by atoms with van der Waals surface area (Å²) in [5, 5.41) is 0.396. The quantitative estimate of drug-likeness (QED) is 0.629. The monoisotopic (exact) mass is 346 g/mol. The first-order chi connectivity index (χ1) is 11.6. The second-order valence-electron chi connectivity index (χ2n) is 5.58. The molecule has 0 saturated carbocycles. The number of thioether (sulfide) groups is 1. The molecule has 0 aliphatic carbocycles. The lowest BCUT2D eigenvalue weighted by Gasteiger charge is -2.37. The highest BCUT2D eigenvalue weighted by molar-refractivity contribution is 8.00. The second kappa shape index (κ2) is 7.61. The van der Waals surface area contributed by atoms with Gasteiger partial charge < -0.3 is 9.80 Å². The van der Waals surface area contributed by atoms with Gasteiger partial charge in [0.05, 0.1) is 5.25 Å². The van der Waals surface area contributed by atoms with Crippen LogP contribution in [0, 0.1) is 5.82 Å². The molecule has 126 valence electrons. The fourth-order valence-corrected chi connectivity index (χ4v) is 3.46. The summed E-state index contributed by atoms with van der Waals surface area (Å²) in [6.45, 7) is 4.70. The van der Waals surface area contributed by atoms with Crippen molar-refractivity contribution >= 4 is 23.4 Å². The fourth-order valence-electron chi connectivity index (χ4n) is 2.65. The van der Waals surface area contributed by atoms with Crippen LogP contribution in [-0.2, 0) is 4.79 Å². The summed E-state index contributed by atoms with van der Waals surface area (Å²) >= 11 is 1.38. The normalized spacial score (nSPS) is 16.1. The molecule has 0 radical (unpaired) electrons. The van der Waals surface area contributed by atoms with Gasteiger partial charge in [-0.05, 0) is 37.3 Å². The van der Waals surface area contributed by atoms with Crippen molar-refractivity contribution < 1.29 is 9.18 Å². The molecule has 0 N–H and O–H groups in total. The molecule has 0 spiro atoms. The van der Waals surface area contributed by atoms with Crippen LogP contribution in [0.1, 0.15) is 6.92 Å². The van der Waals surface area contributed by atoms with Crippen LogP contribution >= 0.6 is 11.8 Å². The smallest absolute Gasteiger partial charge is 0.236 e. The van der Waals surface area contributed by atoms with Crippen LogP contribution in [0.4, 0.5) is 10.1 Å². The molecule has 1 unspecified atom stereocenters. The van der Waals surface area contributed by atoms with Gasteiger partial charge in [-0.25, -0.2) is 14.4 Å². The van der Waals surface area contributed by atoms with Gasteiger partial charge in [0.15, 0.2) is 5.16 Å². The molecule has 1 aromatic heterocycles. The molecule has 1 saturated heterocycles. The number of piperazine rings is 1. The maximum absolute atomic E-state index is 13.0. The summed E-state index contributed by atoms with van der Waals surface area (Å²) < 4.78 is 13.0. The third-order valence-electron chi connectivity index (χ3n) is 3.96. The van der Waals surface area contributed by atoms with Gasteiger partial charge in [-0.2, -0.15) is 0 Å². The van der Waals surface area contributed by atoms with Gasteiger partial charge in [0.1, 0.15) is 5.82 Å². The Morgan fingerprint density at radius 3 is 2.38 bits per heavy atom. The highest BCUT2D eigenvalue weighted by Crippen LogP contribution is 2.22. The van der Waals surface area contributed by atoms with Gasteiger partial charge in [0, 0.05) is 44.3 Å². The molecule has 0 bridgehead atoms. The average molecular weight is 346 g/mol. The van der Waals surface area contributed by atoms with Gasteiger partial charge in [-0.15, -0.1) is 0 Å². The van der Waals surface area contributed by atoms with E-state index in [4.69, 9.17) is 0 Å². The Bertz CT molecular complexity index is 675. The number of amides is 1. The maximum atomic E-state index is 13.0. The summed E-state index contributed by atoms with van der Waals surface area (Å²) in [7, 11) is 0. The van der Waals surface area contributed by atoms with Crippen LogP contribution in [0.25, 0.3) is 0 Å². The number of anilines is 1. The Labute approximate surface area is 144 Å². The van der Waals surface area contributed by atoms with E-state index in [2.05, 4.69) is 14.9 Å². The van der Waals surface area contributed by atoms with Crippen molar-refractivity contribution in [3.8, 4) is 0 Å². The van der Waals surface area contributed by atoms with Crippen LogP contribution in [0.15, 0.2) is 47.9 Å². The zero-order valence-corrected chi connectivity index (χ0v) is 14.2. The van der Waals surface area contributed by atoms with Crippen LogP contribution < -0.4 is 4.90 Å². The number of aromatic nitrogens is 2. The number of hydrogen-bond donors (Lipinski definition) is 0. The third kappa shape index (κ3) is 4.03. The van der Waals surface area contributed by atoms with Gasteiger partial charge in [-0.1, -0.05) is 11.8 Å². The Balaban J connectivity index is 1.54. The van der Waals surface area contributed by atoms with E-state index in [1.165, 1.54) is 23.9 Å². The van der Waals surface area contributed by atoms with E-state index in [0.717, 1.165) is 18.8 Å². The summed E-state index contributed by atoms with van der Waals surface area (Å²) in [5.74, 6) is -0.132. The molecule has 2 aromatic rings. The van der Waals surface area contributed by atoms with E-state index in [1.54, 1.807) is 30.6 Å². The van der Waals surface area contributed by atoms with Crippen LogP contribution in [0.2, 0.25) is 0 Å². The molecule has 1 aliphatic heterocycles. The molecule has 5 nitrogen and oxygen atoms in total. The molecule has 24 heavy (non-hydrogen) atoms. The average Bonchev–Trinajstić information content (AvgIpc) is 2.63. The summed E-state index contributed by atoms with van der Waals surface area (Å²) in [4.78, 5) is 24.9. The highest BCUT2D eigenvalue weighted by atomic mass is 32.2. The fraction of sp³-hybridized carbons (Fsp3) is 0.353. The first-order valence-corrected chi connectivity index (χ1v) is 8.74. The summed E-state index contributed by atoms with van der Waals surface area (Å²) in [6.07, 6.45) is 3.35. The molecule has 7 heteroatoms. The van der Waals surface area contributed by atoms with Gasteiger partial charge in [-0.3, -0.25) is 4.79 Å². The maximum Gasteiger partial charge on any atom is 0.236 e. The van der Waals surface area contributed by atoms with Crippen molar-refractivity contribution in [2.24, 2.45) is 0 Å². The molecule has 1 amide bonds. The third-order valence-corrected chi connectivity index (χ3v) is 4.93. The number of hydrogen-bond acceptors (Lipinski definition) is 5. The molecule has 2 heterocycles. The van der Waals surface area contributed by atoms with Crippen molar-refractivity contribution in [2.45, 2.75) is 17.3 Å². The first kappa shape index (κ1) is 16.7. The molecular weight excluding hydrogens is 327 g/mol. The van der Waals surface area contributed by atoms with Crippen molar-refractivity contribution in [3.63, 3.8) is 0 Å². The molecule has 3 rings (SSSR count). The highest BCUT2D eigenvalue weighted by Gasteiger charge is 2.26. The van der Waals surface area contributed by atoms with Gasteiger partial charge in [0.2, 0.25) is 5.91 Å². The molecule has 1 atom stereocenters. The SMILES string of the molecule is CC(Sc1ncccn1)C(=O)N1CCN(c2ccc(F)cc2)CC1. The van der Waals surface area contributed by atoms with E-state index in [1.807, 2.05) is 11.8 Å². The van der Waals surface area contributed by atoms with Gasteiger partial charge in [0.25, 0.3) is 0 Å². The Hall–Kier alpha value is -2.15. The summed E-state index contributed by atoms with van der Waals surface area (Å²) in [6, 6.07) is 8.23.